The summed E-state index contributed by atoms with van der Waals surface area (Å²) >= 11 is 0. The third-order valence-corrected chi connectivity index (χ3v) is 3.74. The van der Waals surface area contributed by atoms with E-state index in [0.717, 1.165) is 44.8 Å². The van der Waals surface area contributed by atoms with E-state index in [2.05, 4.69) is 15.2 Å². The number of carbonyl (C=O) groups excluding carboxylic acids is 1. The molecular formula is C13H18N4O. The van der Waals surface area contributed by atoms with Crippen molar-refractivity contribution >= 4 is 5.91 Å². The molecule has 18 heavy (non-hydrogen) atoms. The quantitative estimate of drug-likeness (QED) is 0.786. The molecule has 0 unspecified atom stereocenters. The molecule has 5 nitrogen and oxygen atoms in total. The van der Waals surface area contributed by atoms with Gasteiger partial charge in [0.1, 0.15) is 0 Å². The van der Waals surface area contributed by atoms with Gasteiger partial charge in [-0.05, 0) is 12.1 Å². The lowest BCUT2D eigenvalue weighted by Crippen LogP contribution is -2.63. The van der Waals surface area contributed by atoms with E-state index in [4.69, 9.17) is 0 Å². The summed E-state index contributed by atoms with van der Waals surface area (Å²) in [5, 5.41) is 3.35. The Kier molecular flexibility index (Phi) is 3.25. The number of hydrogen-bond acceptors (Lipinski definition) is 4. The van der Waals surface area contributed by atoms with Crippen molar-refractivity contribution in [1.82, 2.24) is 20.1 Å². The summed E-state index contributed by atoms with van der Waals surface area (Å²) < 4.78 is 0. The van der Waals surface area contributed by atoms with Crippen molar-refractivity contribution in [1.29, 1.82) is 0 Å². The first kappa shape index (κ1) is 11.6. The maximum Gasteiger partial charge on any atom is 0.254 e. The maximum absolute atomic E-state index is 12.1. The van der Waals surface area contributed by atoms with Crippen LogP contribution in [0.25, 0.3) is 0 Å². The first-order chi connectivity index (χ1) is 8.84. The van der Waals surface area contributed by atoms with E-state index in [1.54, 1.807) is 24.5 Å². The molecule has 2 saturated heterocycles. The molecule has 0 aliphatic carbocycles. The fraction of sp³-hybridized carbons (Fsp3) is 0.538. The highest BCUT2D eigenvalue weighted by atomic mass is 16.2. The van der Waals surface area contributed by atoms with Crippen molar-refractivity contribution in [2.24, 2.45) is 0 Å². The minimum atomic E-state index is 0.129. The number of piperazine rings is 1. The lowest BCUT2D eigenvalue weighted by molar-refractivity contribution is 0.0227. The summed E-state index contributed by atoms with van der Waals surface area (Å²) in [6.07, 6.45) is 3.33. The minimum absolute atomic E-state index is 0.129. The molecule has 3 heterocycles. The van der Waals surface area contributed by atoms with Gasteiger partial charge in [-0.1, -0.05) is 0 Å². The largest absolute Gasteiger partial charge is 0.335 e. The molecule has 0 radical (unpaired) electrons. The summed E-state index contributed by atoms with van der Waals surface area (Å²) in [7, 11) is 0. The van der Waals surface area contributed by atoms with Gasteiger partial charge in [-0.25, -0.2) is 0 Å². The summed E-state index contributed by atoms with van der Waals surface area (Å²) in [6, 6.07) is 4.11. The van der Waals surface area contributed by atoms with Gasteiger partial charge < -0.3 is 10.2 Å². The molecule has 2 aliphatic rings. The molecule has 5 heteroatoms. The van der Waals surface area contributed by atoms with Crippen LogP contribution in [0.5, 0.6) is 0 Å². The van der Waals surface area contributed by atoms with E-state index in [9.17, 15) is 4.79 Å². The lowest BCUT2D eigenvalue weighted by Gasteiger charge is -2.46. The summed E-state index contributed by atoms with van der Waals surface area (Å²) in [6.45, 7) is 6.05. The van der Waals surface area contributed by atoms with Crippen molar-refractivity contribution < 1.29 is 4.79 Å². The van der Waals surface area contributed by atoms with Gasteiger partial charge in [0, 0.05) is 63.3 Å². The molecule has 1 N–H and O–H groups in total. The van der Waals surface area contributed by atoms with Crippen LogP contribution in [0, 0.1) is 0 Å². The van der Waals surface area contributed by atoms with Gasteiger partial charge >= 0.3 is 0 Å². The monoisotopic (exact) mass is 246 g/mol. The zero-order chi connectivity index (χ0) is 12.4. The van der Waals surface area contributed by atoms with Crippen molar-refractivity contribution in [3.05, 3.63) is 30.1 Å². The second-order valence-electron chi connectivity index (χ2n) is 4.89. The molecule has 1 aromatic heterocycles. The highest BCUT2D eigenvalue weighted by Gasteiger charge is 2.35. The van der Waals surface area contributed by atoms with Gasteiger partial charge in [-0.3, -0.25) is 14.7 Å². The highest BCUT2D eigenvalue weighted by Crippen LogP contribution is 2.18. The van der Waals surface area contributed by atoms with Crippen molar-refractivity contribution in [3.63, 3.8) is 0 Å². The molecule has 0 spiro atoms. The molecular weight excluding hydrogens is 228 g/mol. The zero-order valence-electron chi connectivity index (χ0n) is 10.4. The first-order valence-electron chi connectivity index (χ1n) is 6.48. The number of amides is 1. The second kappa shape index (κ2) is 5.04. The first-order valence-corrected chi connectivity index (χ1v) is 6.48. The number of rotatable bonds is 2. The van der Waals surface area contributed by atoms with Gasteiger partial charge in [-0.15, -0.1) is 0 Å². The molecule has 3 rings (SSSR count). The minimum Gasteiger partial charge on any atom is -0.335 e. The highest BCUT2D eigenvalue weighted by molar-refractivity contribution is 5.94. The van der Waals surface area contributed by atoms with E-state index in [1.165, 1.54) is 0 Å². The molecule has 96 valence electrons. The third kappa shape index (κ3) is 2.23. The second-order valence-corrected chi connectivity index (χ2v) is 4.89. The van der Waals surface area contributed by atoms with Gasteiger partial charge in [0.15, 0.2) is 0 Å². The number of likely N-dealkylation sites (tertiary alicyclic amines) is 1. The maximum atomic E-state index is 12.1. The van der Waals surface area contributed by atoms with E-state index >= 15 is 0 Å². The molecule has 2 aliphatic heterocycles. The van der Waals surface area contributed by atoms with Crippen LogP contribution < -0.4 is 5.32 Å². The fourth-order valence-electron chi connectivity index (χ4n) is 2.58. The van der Waals surface area contributed by atoms with Crippen LogP contribution in [0.1, 0.15) is 10.4 Å². The predicted molar refractivity (Wildman–Crippen MR) is 68.4 cm³/mol. The predicted octanol–water partition coefficient (Wildman–Crippen LogP) is -0.189. The Balaban J connectivity index is 1.54. The standard InChI is InChI=1S/C13H18N4O/c18-13(11-1-3-14-4-2-11)17-9-12(10-17)16-7-5-15-6-8-16/h1-4,12,15H,5-10H2. The van der Waals surface area contributed by atoms with E-state index < -0.39 is 0 Å². The Morgan fingerprint density at radius 1 is 1.22 bits per heavy atom. The number of hydrogen-bond donors (Lipinski definition) is 1. The van der Waals surface area contributed by atoms with Crippen LogP contribution in [0.3, 0.4) is 0 Å². The van der Waals surface area contributed by atoms with Crippen molar-refractivity contribution in [2.75, 3.05) is 39.3 Å². The number of aromatic nitrogens is 1. The number of nitrogens with one attached hydrogen (secondary N) is 1. The molecule has 0 bridgehead atoms. The number of nitrogens with zero attached hydrogens (tertiary/aromatic N) is 3. The van der Waals surface area contributed by atoms with Crippen LogP contribution in [-0.2, 0) is 0 Å². The van der Waals surface area contributed by atoms with Crippen LogP contribution in [0.4, 0.5) is 0 Å². The zero-order valence-corrected chi connectivity index (χ0v) is 10.4. The Bertz CT molecular complexity index is 410. The Labute approximate surface area is 107 Å². The number of carbonyl (C=O) groups is 1. The van der Waals surface area contributed by atoms with Gasteiger partial charge in [-0.2, -0.15) is 0 Å². The van der Waals surface area contributed by atoms with E-state index in [-0.39, 0.29) is 5.91 Å². The Hall–Kier alpha value is -1.46. The van der Waals surface area contributed by atoms with Crippen LogP contribution in [-0.4, -0.2) is 66.0 Å². The summed E-state index contributed by atoms with van der Waals surface area (Å²) in [4.78, 5) is 20.5. The summed E-state index contributed by atoms with van der Waals surface area (Å²) in [5.41, 5.74) is 0.740. The number of pyridine rings is 1. The van der Waals surface area contributed by atoms with E-state index in [1.807, 2.05) is 4.90 Å². The third-order valence-electron chi connectivity index (χ3n) is 3.74. The summed E-state index contributed by atoms with van der Waals surface area (Å²) in [5.74, 6) is 0.129. The lowest BCUT2D eigenvalue weighted by atomic mass is 10.0. The molecule has 2 fully saturated rings. The Morgan fingerprint density at radius 2 is 1.89 bits per heavy atom. The average molecular weight is 246 g/mol. The normalized spacial score (nSPS) is 21.7. The van der Waals surface area contributed by atoms with Crippen LogP contribution in [0.15, 0.2) is 24.5 Å². The van der Waals surface area contributed by atoms with E-state index in [0.29, 0.717) is 6.04 Å². The molecule has 1 amide bonds. The SMILES string of the molecule is O=C(c1ccncc1)N1CC(N2CCNCC2)C1. The molecule has 1 aromatic rings. The van der Waals surface area contributed by atoms with Gasteiger partial charge in [0.2, 0.25) is 0 Å². The average Bonchev–Trinajstić information content (AvgIpc) is 2.39. The van der Waals surface area contributed by atoms with Crippen molar-refractivity contribution in [3.8, 4) is 0 Å². The molecule has 0 atom stereocenters. The molecule has 0 saturated carbocycles. The van der Waals surface area contributed by atoms with Crippen LogP contribution >= 0.6 is 0 Å². The Morgan fingerprint density at radius 3 is 2.56 bits per heavy atom. The van der Waals surface area contributed by atoms with Gasteiger partial charge in [0.25, 0.3) is 5.91 Å². The van der Waals surface area contributed by atoms with Crippen LogP contribution in [0.2, 0.25) is 0 Å². The smallest absolute Gasteiger partial charge is 0.254 e. The fourth-order valence-corrected chi connectivity index (χ4v) is 2.58. The van der Waals surface area contributed by atoms with Crippen molar-refractivity contribution in [2.45, 2.75) is 6.04 Å². The topological polar surface area (TPSA) is 48.5 Å². The van der Waals surface area contributed by atoms with Gasteiger partial charge in [0.05, 0.1) is 0 Å². The molecule has 0 aromatic carbocycles.